The topological polar surface area (TPSA) is 38.3 Å². The Morgan fingerprint density at radius 3 is 2.63 bits per heavy atom. The molecule has 3 heteroatoms. The van der Waals surface area contributed by atoms with Crippen LogP contribution in [0.25, 0.3) is 0 Å². The highest BCUT2D eigenvalue weighted by Gasteiger charge is 2.40. The number of carbonyl (C=O) groups excluding carboxylic acids is 1. The highest BCUT2D eigenvalue weighted by atomic mass is 16.5. The van der Waals surface area contributed by atoms with Crippen LogP contribution >= 0.6 is 0 Å². The Morgan fingerprint density at radius 2 is 2.05 bits per heavy atom. The number of rotatable bonds is 4. The van der Waals surface area contributed by atoms with Crippen molar-refractivity contribution in [2.24, 2.45) is 17.8 Å². The number of amides is 1. The summed E-state index contributed by atoms with van der Waals surface area (Å²) in [5.74, 6) is 3.31. The van der Waals surface area contributed by atoms with E-state index >= 15 is 0 Å². The van der Waals surface area contributed by atoms with Crippen molar-refractivity contribution in [3.63, 3.8) is 0 Å². The van der Waals surface area contributed by atoms with E-state index in [0.717, 1.165) is 23.3 Å². The normalized spacial score (nSPS) is 28.4. The van der Waals surface area contributed by atoms with Crippen LogP contribution in [0.4, 0.5) is 5.69 Å². The fourth-order valence-electron chi connectivity index (χ4n) is 3.75. The van der Waals surface area contributed by atoms with Crippen molar-refractivity contribution in [1.82, 2.24) is 0 Å². The van der Waals surface area contributed by atoms with Gasteiger partial charge in [-0.1, -0.05) is 6.42 Å². The van der Waals surface area contributed by atoms with Gasteiger partial charge in [0, 0.05) is 12.1 Å². The number of fused-ring (bicyclic) bond motifs is 2. The highest BCUT2D eigenvalue weighted by molar-refractivity contribution is 5.90. The van der Waals surface area contributed by atoms with Crippen LogP contribution in [-0.4, -0.2) is 13.0 Å². The van der Waals surface area contributed by atoms with E-state index in [2.05, 4.69) is 5.32 Å². The molecular formula is C16H21NO2. The number of nitrogens with one attached hydrogen (secondary N) is 1. The molecule has 0 aromatic heterocycles. The van der Waals surface area contributed by atoms with Crippen LogP contribution < -0.4 is 10.1 Å². The van der Waals surface area contributed by atoms with Gasteiger partial charge in [-0.15, -0.1) is 0 Å². The van der Waals surface area contributed by atoms with Crippen molar-refractivity contribution < 1.29 is 9.53 Å². The lowest BCUT2D eigenvalue weighted by Crippen LogP contribution is -2.20. The molecular weight excluding hydrogens is 238 g/mol. The molecule has 2 bridgehead atoms. The summed E-state index contributed by atoms with van der Waals surface area (Å²) in [7, 11) is 1.64. The number of carbonyl (C=O) groups is 1. The minimum atomic E-state index is 0.155. The van der Waals surface area contributed by atoms with Gasteiger partial charge in [-0.25, -0.2) is 0 Å². The Bertz CT molecular complexity index is 454. The first-order chi connectivity index (χ1) is 9.24. The van der Waals surface area contributed by atoms with Gasteiger partial charge in [0.05, 0.1) is 7.11 Å². The molecule has 3 atom stereocenters. The van der Waals surface area contributed by atoms with E-state index in [1.54, 1.807) is 7.11 Å². The Balaban J connectivity index is 1.53. The van der Waals surface area contributed by atoms with Crippen LogP contribution in [0.2, 0.25) is 0 Å². The summed E-state index contributed by atoms with van der Waals surface area (Å²) in [6, 6.07) is 7.51. The van der Waals surface area contributed by atoms with Crippen LogP contribution in [0.15, 0.2) is 24.3 Å². The van der Waals surface area contributed by atoms with E-state index in [4.69, 9.17) is 4.74 Å². The third kappa shape index (κ3) is 2.75. The van der Waals surface area contributed by atoms with E-state index in [0.29, 0.717) is 12.3 Å². The minimum absolute atomic E-state index is 0.155. The zero-order chi connectivity index (χ0) is 13.2. The lowest BCUT2D eigenvalue weighted by Gasteiger charge is -2.20. The second-order valence-electron chi connectivity index (χ2n) is 5.92. The van der Waals surface area contributed by atoms with Gasteiger partial charge >= 0.3 is 0 Å². The molecule has 2 aliphatic rings. The summed E-state index contributed by atoms with van der Waals surface area (Å²) < 4.78 is 5.10. The maximum atomic E-state index is 12.1. The molecule has 0 spiro atoms. The van der Waals surface area contributed by atoms with Crippen molar-refractivity contribution in [3.05, 3.63) is 24.3 Å². The average Bonchev–Trinajstić information content (AvgIpc) is 3.02. The number of hydrogen-bond acceptors (Lipinski definition) is 2. The molecule has 1 aromatic rings. The second kappa shape index (κ2) is 5.24. The second-order valence-corrected chi connectivity index (χ2v) is 5.92. The number of benzene rings is 1. The van der Waals surface area contributed by atoms with Gasteiger partial charge in [0.15, 0.2) is 0 Å². The SMILES string of the molecule is COc1ccc(NC(=O)CC2CC3CCC2C3)cc1. The summed E-state index contributed by atoms with van der Waals surface area (Å²) in [5, 5.41) is 2.99. The maximum absolute atomic E-state index is 12.1. The van der Waals surface area contributed by atoms with Crippen LogP contribution in [0.1, 0.15) is 32.1 Å². The highest BCUT2D eigenvalue weighted by Crippen LogP contribution is 2.49. The van der Waals surface area contributed by atoms with E-state index in [-0.39, 0.29) is 5.91 Å². The van der Waals surface area contributed by atoms with E-state index in [1.165, 1.54) is 25.7 Å². The van der Waals surface area contributed by atoms with Crippen LogP contribution in [0, 0.1) is 17.8 Å². The van der Waals surface area contributed by atoms with Gasteiger partial charge in [0.1, 0.15) is 5.75 Å². The number of ether oxygens (including phenoxy) is 1. The molecule has 0 aliphatic heterocycles. The summed E-state index contributed by atoms with van der Waals surface area (Å²) >= 11 is 0. The Morgan fingerprint density at radius 1 is 1.26 bits per heavy atom. The van der Waals surface area contributed by atoms with E-state index < -0.39 is 0 Å². The Hall–Kier alpha value is -1.51. The molecule has 0 radical (unpaired) electrons. The van der Waals surface area contributed by atoms with Gasteiger partial charge in [-0.05, 0) is 61.3 Å². The van der Waals surface area contributed by atoms with Gasteiger partial charge < -0.3 is 10.1 Å². The largest absolute Gasteiger partial charge is 0.497 e. The minimum Gasteiger partial charge on any atom is -0.497 e. The fraction of sp³-hybridized carbons (Fsp3) is 0.562. The quantitative estimate of drug-likeness (QED) is 0.899. The van der Waals surface area contributed by atoms with Crippen molar-refractivity contribution in [1.29, 1.82) is 0 Å². The predicted molar refractivity (Wildman–Crippen MR) is 75.2 cm³/mol. The molecule has 1 N–H and O–H groups in total. The molecule has 0 heterocycles. The third-order valence-electron chi connectivity index (χ3n) is 4.71. The van der Waals surface area contributed by atoms with Crippen molar-refractivity contribution in [3.8, 4) is 5.75 Å². The average molecular weight is 259 g/mol. The van der Waals surface area contributed by atoms with Crippen molar-refractivity contribution in [2.45, 2.75) is 32.1 Å². The summed E-state index contributed by atoms with van der Waals surface area (Å²) in [5.41, 5.74) is 0.856. The monoisotopic (exact) mass is 259 g/mol. The molecule has 1 amide bonds. The zero-order valence-corrected chi connectivity index (χ0v) is 11.4. The molecule has 0 saturated heterocycles. The number of hydrogen-bond donors (Lipinski definition) is 1. The molecule has 1 aromatic carbocycles. The predicted octanol–water partition coefficient (Wildman–Crippen LogP) is 3.46. The fourth-order valence-corrected chi connectivity index (χ4v) is 3.75. The molecule has 2 fully saturated rings. The molecule has 19 heavy (non-hydrogen) atoms. The smallest absolute Gasteiger partial charge is 0.224 e. The van der Waals surface area contributed by atoms with Crippen LogP contribution in [0.3, 0.4) is 0 Å². The van der Waals surface area contributed by atoms with Gasteiger partial charge in [0.25, 0.3) is 0 Å². The van der Waals surface area contributed by atoms with E-state index in [9.17, 15) is 4.79 Å². The first-order valence-electron chi connectivity index (χ1n) is 7.18. The van der Waals surface area contributed by atoms with Crippen LogP contribution in [0.5, 0.6) is 5.75 Å². The summed E-state index contributed by atoms with van der Waals surface area (Å²) in [6.07, 6.45) is 6.04. The third-order valence-corrected chi connectivity index (χ3v) is 4.71. The van der Waals surface area contributed by atoms with Gasteiger partial charge in [-0.2, -0.15) is 0 Å². The maximum Gasteiger partial charge on any atom is 0.224 e. The standard InChI is InChI=1S/C16H21NO2/c1-19-15-6-4-14(5-7-15)17-16(18)10-13-9-11-2-3-12(13)8-11/h4-7,11-13H,2-3,8-10H2,1H3,(H,17,18). The summed E-state index contributed by atoms with van der Waals surface area (Å²) in [6.45, 7) is 0. The molecule has 102 valence electrons. The lowest BCUT2D eigenvalue weighted by atomic mass is 9.86. The lowest BCUT2D eigenvalue weighted by molar-refractivity contribution is -0.117. The number of methoxy groups -OCH3 is 1. The molecule has 3 rings (SSSR count). The van der Waals surface area contributed by atoms with Crippen LogP contribution in [-0.2, 0) is 4.79 Å². The first-order valence-corrected chi connectivity index (χ1v) is 7.18. The number of anilines is 1. The molecule has 2 aliphatic carbocycles. The van der Waals surface area contributed by atoms with E-state index in [1.807, 2.05) is 24.3 Å². The Kier molecular flexibility index (Phi) is 3.45. The molecule has 2 saturated carbocycles. The molecule has 3 unspecified atom stereocenters. The van der Waals surface area contributed by atoms with Gasteiger partial charge in [0.2, 0.25) is 5.91 Å². The zero-order valence-electron chi connectivity index (χ0n) is 11.4. The summed E-state index contributed by atoms with van der Waals surface area (Å²) in [4.78, 5) is 12.1. The van der Waals surface area contributed by atoms with Gasteiger partial charge in [-0.3, -0.25) is 4.79 Å². The first kappa shape index (κ1) is 12.5. The van der Waals surface area contributed by atoms with Crippen molar-refractivity contribution in [2.75, 3.05) is 12.4 Å². The Labute approximate surface area is 114 Å². The van der Waals surface area contributed by atoms with Crippen molar-refractivity contribution >= 4 is 11.6 Å². The molecule has 3 nitrogen and oxygen atoms in total.